The number of anilines is 2. The Morgan fingerprint density at radius 3 is 2.56 bits per heavy atom. The molecule has 39 heavy (non-hydrogen) atoms. The number of fused-ring (bicyclic) bond motifs is 2. The molecule has 4 aliphatic heterocycles. The number of piperidine rings is 2. The summed E-state index contributed by atoms with van der Waals surface area (Å²) in [5, 5.41) is 8.62. The molecule has 6 rings (SSSR count). The molecule has 2 aromatic heterocycles. The van der Waals surface area contributed by atoms with E-state index in [1.54, 1.807) is 6.92 Å². The van der Waals surface area contributed by atoms with Gasteiger partial charge in [-0.1, -0.05) is 0 Å². The van der Waals surface area contributed by atoms with Crippen molar-refractivity contribution >= 4 is 17.4 Å². The summed E-state index contributed by atoms with van der Waals surface area (Å²) in [6, 6.07) is 1.47. The monoisotopic (exact) mass is 545 g/mol. The van der Waals surface area contributed by atoms with Crippen LogP contribution in [0.15, 0.2) is 12.3 Å². The van der Waals surface area contributed by atoms with Gasteiger partial charge >= 0.3 is 6.18 Å². The largest absolute Gasteiger partial charge is 0.433 e. The molecule has 11 heteroatoms. The molecular weight excluding hydrogens is 507 g/mol. The molecule has 2 aromatic rings. The van der Waals surface area contributed by atoms with Crippen LogP contribution in [0.4, 0.5) is 24.7 Å². The quantitative estimate of drug-likeness (QED) is 0.628. The van der Waals surface area contributed by atoms with Gasteiger partial charge in [-0.3, -0.25) is 9.48 Å². The van der Waals surface area contributed by atoms with Crippen molar-refractivity contribution in [2.24, 2.45) is 5.92 Å². The molecule has 0 aromatic carbocycles. The molecule has 4 aliphatic rings. The second kappa shape index (κ2) is 10.7. The molecule has 0 atom stereocenters. The lowest BCUT2D eigenvalue weighted by molar-refractivity contribution is -0.141. The minimum atomic E-state index is -4.47. The van der Waals surface area contributed by atoms with Crippen LogP contribution in [0.2, 0.25) is 0 Å². The van der Waals surface area contributed by atoms with Gasteiger partial charge < -0.3 is 20.0 Å². The van der Waals surface area contributed by atoms with Gasteiger partial charge in [0.15, 0.2) is 5.82 Å². The van der Waals surface area contributed by atoms with Crippen LogP contribution in [-0.4, -0.2) is 76.3 Å². The van der Waals surface area contributed by atoms with Crippen LogP contribution < -0.4 is 10.2 Å². The third kappa shape index (κ3) is 5.39. The number of amides is 1. The summed E-state index contributed by atoms with van der Waals surface area (Å²) in [5.41, 5.74) is 2.69. The van der Waals surface area contributed by atoms with E-state index in [0.717, 1.165) is 69.2 Å². The molecule has 0 unspecified atom stereocenters. The van der Waals surface area contributed by atoms with Gasteiger partial charge in [0.05, 0.1) is 24.5 Å². The van der Waals surface area contributed by atoms with E-state index in [2.05, 4.69) is 19.9 Å². The summed E-state index contributed by atoms with van der Waals surface area (Å²) in [6.45, 7) is 8.90. The highest BCUT2D eigenvalue weighted by Gasteiger charge is 2.36. The SMILES string of the molecule is CC(=O)N1CCc2c(c(N3CCCc4cc(C(F)(F)F)ncc43)nn2C2CCN(CC3CCNCC3)CC2)C1. The topological polar surface area (TPSA) is 69.5 Å². The van der Waals surface area contributed by atoms with Gasteiger partial charge in [-0.05, 0) is 69.2 Å². The third-order valence-electron chi connectivity index (χ3n) is 9.02. The lowest BCUT2D eigenvalue weighted by Gasteiger charge is -2.36. The smallest absolute Gasteiger partial charge is 0.338 e. The molecule has 6 heterocycles. The van der Waals surface area contributed by atoms with E-state index >= 15 is 0 Å². The first kappa shape index (κ1) is 26.6. The van der Waals surface area contributed by atoms with E-state index in [0.29, 0.717) is 37.3 Å². The van der Waals surface area contributed by atoms with E-state index in [-0.39, 0.29) is 11.9 Å². The Bertz CT molecular complexity index is 1200. The molecule has 2 fully saturated rings. The van der Waals surface area contributed by atoms with E-state index in [4.69, 9.17) is 5.10 Å². The first-order valence-corrected chi connectivity index (χ1v) is 14.4. The van der Waals surface area contributed by atoms with Gasteiger partial charge in [0.2, 0.25) is 5.91 Å². The number of hydrogen-bond donors (Lipinski definition) is 1. The number of carbonyl (C=O) groups excluding carboxylic acids is 1. The molecule has 0 saturated carbocycles. The summed E-state index contributed by atoms with van der Waals surface area (Å²) >= 11 is 0. The van der Waals surface area contributed by atoms with Crippen LogP contribution in [-0.2, 0) is 30.4 Å². The molecule has 2 saturated heterocycles. The number of halogens is 3. The number of hydrogen-bond acceptors (Lipinski definition) is 6. The highest BCUT2D eigenvalue weighted by Crippen LogP contribution is 2.40. The van der Waals surface area contributed by atoms with Crippen LogP contribution in [0.3, 0.4) is 0 Å². The number of aromatic nitrogens is 3. The summed E-state index contributed by atoms with van der Waals surface area (Å²) in [7, 11) is 0. The number of nitrogens with one attached hydrogen (secondary N) is 1. The predicted octanol–water partition coefficient (Wildman–Crippen LogP) is 3.92. The van der Waals surface area contributed by atoms with Crippen molar-refractivity contribution in [3.8, 4) is 0 Å². The molecule has 8 nitrogen and oxygen atoms in total. The van der Waals surface area contributed by atoms with Crippen molar-refractivity contribution in [3.05, 3.63) is 34.8 Å². The average Bonchev–Trinajstić information content (AvgIpc) is 3.31. The minimum absolute atomic E-state index is 0.0288. The maximum Gasteiger partial charge on any atom is 0.433 e. The molecule has 0 bridgehead atoms. The molecule has 0 aliphatic carbocycles. The summed E-state index contributed by atoms with van der Waals surface area (Å²) in [6.07, 6.45) is 3.50. The Morgan fingerprint density at radius 2 is 1.85 bits per heavy atom. The fourth-order valence-electron chi connectivity index (χ4n) is 6.85. The first-order chi connectivity index (χ1) is 18.8. The maximum atomic E-state index is 13.4. The molecular formula is C28H38F3N7O. The van der Waals surface area contributed by atoms with E-state index < -0.39 is 11.9 Å². The Kier molecular flexibility index (Phi) is 7.30. The second-order valence-electron chi connectivity index (χ2n) is 11.6. The number of alkyl halides is 3. The predicted molar refractivity (Wildman–Crippen MR) is 142 cm³/mol. The highest BCUT2D eigenvalue weighted by molar-refractivity contribution is 5.75. The fraction of sp³-hybridized carbons (Fsp3) is 0.679. The zero-order valence-corrected chi connectivity index (χ0v) is 22.6. The van der Waals surface area contributed by atoms with Gasteiger partial charge in [0.1, 0.15) is 5.69 Å². The number of pyridine rings is 1. The molecule has 0 radical (unpaired) electrons. The number of nitrogens with zero attached hydrogens (tertiary/aromatic N) is 6. The standard InChI is InChI=1S/C28H38F3N7O/c1-19(39)36-14-8-24-23(18-36)27(37-11-2-3-21-15-26(28(29,30)31)33-16-25(21)37)34-38(24)22-6-12-35(13-7-22)17-20-4-9-32-10-5-20/h15-16,20,22,32H,2-14,17-18H2,1H3. The molecule has 1 amide bonds. The molecule has 212 valence electrons. The number of rotatable bonds is 4. The number of carbonyl (C=O) groups is 1. The molecule has 0 spiro atoms. The summed E-state index contributed by atoms with van der Waals surface area (Å²) < 4.78 is 42.3. The highest BCUT2D eigenvalue weighted by atomic mass is 19.4. The van der Waals surface area contributed by atoms with E-state index in [1.165, 1.54) is 37.3 Å². The number of aryl methyl sites for hydroxylation is 1. The summed E-state index contributed by atoms with van der Waals surface area (Å²) in [5.74, 6) is 1.58. The van der Waals surface area contributed by atoms with Crippen molar-refractivity contribution < 1.29 is 18.0 Å². The lowest BCUT2D eigenvalue weighted by Crippen LogP contribution is -2.41. The van der Waals surface area contributed by atoms with E-state index in [1.807, 2.05) is 9.80 Å². The van der Waals surface area contributed by atoms with Gasteiger partial charge in [-0.25, -0.2) is 4.98 Å². The van der Waals surface area contributed by atoms with Gasteiger partial charge in [0, 0.05) is 57.3 Å². The Balaban J connectivity index is 1.28. The summed E-state index contributed by atoms with van der Waals surface area (Å²) in [4.78, 5) is 22.5. The van der Waals surface area contributed by atoms with Gasteiger partial charge in [-0.2, -0.15) is 18.3 Å². The van der Waals surface area contributed by atoms with Crippen LogP contribution in [0.5, 0.6) is 0 Å². The Hall–Kier alpha value is -2.66. The second-order valence-corrected chi connectivity index (χ2v) is 11.6. The van der Waals surface area contributed by atoms with Crippen LogP contribution in [0, 0.1) is 5.92 Å². The van der Waals surface area contributed by atoms with Gasteiger partial charge in [0.25, 0.3) is 0 Å². The normalized spacial score (nSPS) is 21.6. The van der Waals surface area contributed by atoms with Crippen LogP contribution in [0.25, 0.3) is 0 Å². The van der Waals surface area contributed by atoms with Crippen molar-refractivity contribution in [1.29, 1.82) is 0 Å². The fourth-order valence-corrected chi connectivity index (χ4v) is 6.85. The minimum Gasteiger partial charge on any atom is -0.338 e. The number of likely N-dealkylation sites (tertiary alicyclic amines) is 1. The Labute approximate surface area is 227 Å². The average molecular weight is 546 g/mol. The van der Waals surface area contributed by atoms with Crippen molar-refractivity contribution in [2.45, 2.75) is 70.6 Å². The van der Waals surface area contributed by atoms with Crippen molar-refractivity contribution in [3.63, 3.8) is 0 Å². The maximum absolute atomic E-state index is 13.4. The zero-order chi connectivity index (χ0) is 27.1. The van der Waals surface area contributed by atoms with Gasteiger partial charge in [-0.15, -0.1) is 0 Å². The zero-order valence-electron chi connectivity index (χ0n) is 22.6. The molecule has 1 N–H and O–H groups in total. The van der Waals surface area contributed by atoms with Crippen molar-refractivity contribution in [1.82, 2.24) is 29.9 Å². The lowest BCUT2D eigenvalue weighted by atomic mass is 9.95. The third-order valence-corrected chi connectivity index (χ3v) is 9.02. The van der Waals surface area contributed by atoms with Crippen LogP contribution >= 0.6 is 0 Å². The Morgan fingerprint density at radius 1 is 1.08 bits per heavy atom. The first-order valence-electron chi connectivity index (χ1n) is 14.4. The van der Waals surface area contributed by atoms with Crippen LogP contribution in [0.1, 0.15) is 67.6 Å². The van der Waals surface area contributed by atoms with Crippen molar-refractivity contribution in [2.75, 3.05) is 50.7 Å². The van der Waals surface area contributed by atoms with E-state index in [9.17, 15) is 18.0 Å².